The van der Waals surface area contributed by atoms with E-state index in [0.717, 1.165) is 30.5 Å². The zero-order valence-corrected chi connectivity index (χ0v) is 40.7. The van der Waals surface area contributed by atoms with Crippen molar-refractivity contribution in [2.24, 2.45) is 34.3 Å². The SMILES string of the molecule is CCCC[C@H](CC(=O)/C=C(\C)c1ccc(C(F)(F)P(=O)(OCOC(=O)C(C)(C)C)OCOC(=O)C(C)(C)C)cc1)C(=O)N1C[C@H]2CC2[C@H]1C(=O)N[C@@H](CCC(N)=O)C(=O)CCc1ccccc1. The van der Waals surface area contributed by atoms with Crippen LogP contribution >= 0.6 is 7.60 Å². The second-order valence-electron chi connectivity index (χ2n) is 19.4. The number of alkyl halides is 2. The predicted octanol–water partition coefficient (Wildman–Crippen LogP) is 8.02. The first kappa shape index (κ1) is 54.5. The number of piperidine rings is 1. The van der Waals surface area contributed by atoms with Crippen LogP contribution in [0.1, 0.15) is 123 Å². The number of aryl methyl sites for hydroxylation is 1. The Labute approximate surface area is 391 Å². The van der Waals surface area contributed by atoms with Crippen LogP contribution in [0.3, 0.4) is 0 Å². The molecule has 1 aliphatic carbocycles. The van der Waals surface area contributed by atoms with Gasteiger partial charge in [-0.15, -0.1) is 0 Å². The zero-order chi connectivity index (χ0) is 49.9. The molecule has 1 saturated heterocycles. The van der Waals surface area contributed by atoms with E-state index in [-0.39, 0.29) is 49.2 Å². The largest absolute Gasteiger partial charge is 0.438 e. The molecule has 18 heteroatoms. The van der Waals surface area contributed by atoms with Gasteiger partial charge in [0.15, 0.2) is 11.6 Å². The maximum absolute atomic E-state index is 16.1. The van der Waals surface area contributed by atoms with Crippen LogP contribution in [0.2, 0.25) is 0 Å². The van der Waals surface area contributed by atoms with Gasteiger partial charge in [0.2, 0.25) is 31.3 Å². The van der Waals surface area contributed by atoms with Gasteiger partial charge in [0, 0.05) is 37.3 Å². The minimum atomic E-state index is -5.56. The molecule has 1 heterocycles. The van der Waals surface area contributed by atoms with Gasteiger partial charge in [-0.05, 0) is 109 Å². The van der Waals surface area contributed by atoms with Crippen LogP contribution in [-0.2, 0) is 68.7 Å². The average molecular weight is 958 g/mol. The smallest absolute Gasteiger partial charge is 0.410 e. The zero-order valence-electron chi connectivity index (χ0n) is 39.8. The molecule has 1 saturated carbocycles. The summed E-state index contributed by atoms with van der Waals surface area (Å²) in [4.78, 5) is 93.1. The quantitative estimate of drug-likeness (QED) is 0.0419. The number of fused-ring (bicyclic) bond motifs is 1. The topological polar surface area (TPSA) is 215 Å². The fourth-order valence-corrected chi connectivity index (χ4v) is 8.87. The first-order valence-electron chi connectivity index (χ1n) is 22.7. The van der Waals surface area contributed by atoms with E-state index in [1.165, 1.54) is 64.7 Å². The minimum Gasteiger partial charge on any atom is -0.438 e. The Hall–Kier alpha value is -5.12. The summed E-state index contributed by atoms with van der Waals surface area (Å²) in [6.07, 6.45) is 4.04. The molecule has 15 nitrogen and oxygen atoms in total. The van der Waals surface area contributed by atoms with Crippen LogP contribution in [0.15, 0.2) is 60.7 Å². The van der Waals surface area contributed by atoms with Crippen molar-refractivity contribution < 1.29 is 65.4 Å². The number of esters is 2. The van der Waals surface area contributed by atoms with Crippen molar-refractivity contribution in [1.29, 1.82) is 0 Å². The van der Waals surface area contributed by atoms with Gasteiger partial charge in [-0.2, -0.15) is 8.78 Å². The molecule has 2 fully saturated rings. The molecule has 0 spiro atoms. The number of primary amides is 1. The molecule has 2 aromatic carbocycles. The summed E-state index contributed by atoms with van der Waals surface area (Å²) < 4.78 is 65.7. The summed E-state index contributed by atoms with van der Waals surface area (Å²) >= 11 is 0. The first-order chi connectivity index (χ1) is 31.3. The highest BCUT2D eigenvalue weighted by Gasteiger charge is 2.58. The standard InChI is InChI=1S/C49H66F2N3O12P/c1-9-10-16-34(44(59)54-28-35-27-38(35)42(54)43(58)53-39(22-24-41(52)57)40(56)23-17-32-14-12-11-13-15-32)26-37(55)25-31(2)33-18-20-36(21-19-33)49(50,51)67(62,65-29-63-45(60)47(3,4)5)66-30-64-46(61)48(6,7)8/h11-15,18-21,25,34-35,38-39,42H,9-10,16-17,22-24,26-30H2,1-8H3,(H2,52,57)(H,53,58)/b31-25+/t34-,35-,38?,39+,42+/m1/s1. The molecule has 368 valence electrons. The van der Waals surface area contributed by atoms with E-state index in [4.69, 9.17) is 24.3 Å². The van der Waals surface area contributed by atoms with E-state index < -0.39 is 90.8 Å². The molecule has 0 radical (unpaired) electrons. The normalized spacial score (nSPS) is 18.3. The van der Waals surface area contributed by atoms with Crippen molar-refractivity contribution in [1.82, 2.24) is 10.2 Å². The number of halogens is 2. The third-order valence-corrected chi connectivity index (χ3v) is 13.6. The summed E-state index contributed by atoms with van der Waals surface area (Å²) in [6, 6.07) is 12.0. The van der Waals surface area contributed by atoms with Gasteiger partial charge in [0.25, 0.3) is 0 Å². The first-order valence-corrected chi connectivity index (χ1v) is 24.2. The summed E-state index contributed by atoms with van der Waals surface area (Å²) in [5, 5.41) is 2.84. The second kappa shape index (κ2) is 23.3. The van der Waals surface area contributed by atoms with Gasteiger partial charge in [-0.25, -0.2) is 0 Å². The molecule has 4 rings (SSSR count). The number of hydrogen-bond acceptors (Lipinski definition) is 12. The number of likely N-dealkylation sites (tertiary alicyclic amines) is 1. The molecule has 0 aromatic heterocycles. The number of nitrogens with two attached hydrogens (primary N) is 1. The van der Waals surface area contributed by atoms with Gasteiger partial charge in [0.05, 0.1) is 16.9 Å². The lowest BCUT2D eigenvalue weighted by atomic mass is 9.92. The fourth-order valence-electron chi connectivity index (χ4n) is 7.62. The molecule has 2 aliphatic rings. The molecule has 1 aliphatic heterocycles. The summed E-state index contributed by atoms with van der Waals surface area (Å²) in [5.74, 6) is -4.56. The Bertz CT molecular complexity index is 2150. The monoisotopic (exact) mass is 957 g/mol. The molecule has 3 amide bonds. The van der Waals surface area contributed by atoms with Gasteiger partial charge in [0.1, 0.15) is 6.04 Å². The van der Waals surface area contributed by atoms with Crippen molar-refractivity contribution in [2.45, 2.75) is 131 Å². The van der Waals surface area contributed by atoms with Crippen LogP contribution in [0.25, 0.3) is 5.57 Å². The lowest BCUT2D eigenvalue weighted by molar-refractivity contribution is -0.163. The van der Waals surface area contributed by atoms with Gasteiger partial charge >= 0.3 is 25.2 Å². The van der Waals surface area contributed by atoms with Gasteiger partial charge in [-0.3, -0.25) is 47.2 Å². The Morgan fingerprint density at radius 3 is 1.99 bits per heavy atom. The summed E-state index contributed by atoms with van der Waals surface area (Å²) in [5.41, 5.74) is -0.155. The third kappa shape index (κ3) is 15.2. The highest BCUT2D eigenvalue weighted by atomic mass is 31.2. The number of hydrogen-bond donors (Lipinski definition) is 2. The number of nitrogens with one attached hydrogen (secondary N) is 1. The summed E-state index contributed by atoms with van der Waals surface area (Å²) in [6.45, 7) is 10.7. The van der Waals surface area contributed by atoms with E-state index in [1.54, 1.807) is 6.92 Å². The van der Waals surface area contributed by atoms with Crippen molar-refractivity contribution in [3.8, 4) is 0 Å². The molecular formula is C49H66F2N3O12P. The second-order valence-corrected chi connectivity index (χ2v) is 21.5. The third-order valence-electron chi connectivity index (χ3n) is 11.8. The van der Waals surface area contributed by atoms with Crippen LogP contribution < -0.4 is 11.1 Å². The van der Waals surface area contributed by atoms with Crippen molar-refractivity contribution in [3.05, 3.63) is 77.4 Å². The molecule has 2 aromatic rings. The molecule has 5 atom stereocenters. The molecular weight excluding hydrogens is 892 g/mol. The molecule has 1 unspecified atom stereocenters. The fraction of sp³-hybridized carbons (Fsp3) is 0.571. The highest BCUT2D eigenvalue weighted by molar-refractivity contribution is 7.54. The van der Waals surface area contributed by atoms with E-state index >= 15 is 8.78 Å². The molecule has 0 bridgehead atoms. The molecule has 67 heavy (non-hydrogen) atoms. The number of carbonyl (C=O) groups excluding carboxylic acids is 7. The maximum atomic E-state index is 16.1. The number of Topliss-reactive ketones (excluding diaryl/α,β-unsaturated/α-hetero) is 1. The van der Waals surface area contributed by atoms with Crippen LogP contribution in [0, 0.1) is 28.6 Å². The van der Waals surface area contributed by atoms with Crippen molar-refractivity contribution in [3.63, 3.8) is 0 Å². The minimum absolute atomic E-state index is 0.0183. The lowest BCUT2D eigenvalue weighted by Crippen LogP contribution is -2.53. The number of carbonyl (C=O) groups is 7. The van der Waals surface area contributed by atoms with Crippen LogP contribution in [-0.4, -0.2) is 78.3 Å². The number of allylic oxidation sites excluding steroid dienone is 2. The number of ketones is 2. The van der Waals surface area contributed by atoms with Gasteiger partial charge < -0.3 is 25.4 Å². The molecule has 3 N–H and O–H groups in total. The van der Waals surface area contributed by atoms with E-state index in [2.05, 4.69) is 5.32 Å². The van der Waals surface area contributed by atoms with Crippen LogP contribution in [0.5, 0.6) is 0 Å². The number of ether oxygens (including phenoxy) is 2. The number of amides is 3. The van der Waals surface area contributed by atoms with Gasteiger partial charge in [-0.1, -0.05) is 74.4 Å². The van der Waals surface area contributed by atoms with E-state index in [1.807, 2.05) is 37.3 Å². The predicted molar refractivity (Wildman–Crippen MR) is 244 cm³/mol. The number of benzene rings is 2. The number of nitrogens with zero attached hydrogens (tertiary/aromatic N) is 1. The highest BCUT2D eigenvalue weighted by Crippen LogP contribution is 2.67. The lowest BCUT2D eigenvalue weighted by Gasteiger charge is -2.31. The Morgan fingerprint density at radius 1 is 0.866 bits per heavy atom. The van der Waals surface area contributed by atoms with E-state index in [9.17, 15) is 38.1 Å². The van der Waals surface area contributed by atoms with Crippen molar-refractivity contribution >= 4 is 54.4 Å². The maximum Gasteiger partial charge on any atom is 0.410 e. The number of rotatable bonds is 25. The number of unbranched alkanes of at least 4 members (excludes halogenated alkanes) is 1. The Balaban J connectivity index is 1.48. The van der Waals surface area contributed by atoms with Crippen LogP contribution in [0.4, 0.5) is 8.78 Å². The summed E-state index contributed by atoms with van der Waals surface area (Å²) in [7, 11) is -5.56. The average Bonchev–Trinajstić information content (AvgIpc) is 3.92. The van der Waals surface area contributed by atoms with E-state index in [0.29, 0.717) is 36.9 Å². The Kier molecular flexibility index (Phi) is 18.9. The Morgan fingerprint density at radius 2 is 1.45 bits per heavy atom. The van der Waals surface area contributed by atoms with Crippen molar-refractivity contribution in [2.75, 3.05) is 20.1 Å².